The van der Waals surface area contributed by atoms with Crippen LogP contribution in [-0.4, -0.2) is 12.5 Å². The number of anilines is 1. The average Bonchev–Trinajstić information content (AvgIpc) is 3.43. The number of hydrogen-bond acceptors (Lipinski definition) is 3. The highest BCUT2D eigenvalue weighted by atomic mass is 16.5. The fraction of sp³-hybridized carbons (Fsp3) is 0.281. The maximum absolute atomic E-state index is 13.1. The first-order chi connectivity index (χ1) is 17.5. The van der Waals surface area contributed by atoms with Crippen molar-refractivity contribution in [1.82, 2.24) is 0 Å². The fourth-order valence-corrected chi connectivity index (χ4v) is 5.84. The van der Waals surface area contributed by atoms with E-state index < -0.39 is 0 Å². The minimum atomic E-state index is -0.141. The first-order valence-electron chi connectivity index (χ1n) is 12.9. The Morgan fingerprint density at radius 3 is 2.72 bits per heavy atom. The molecule has 2 aliphatic carbocycles. The van der Waals surface area contributed by atoms with E-state index in [1.807, 2.05) is 19.9 Å². The number of ether oxygens (including phenoxy) is 1. The third-order valence-corrected chi connectivity index (χ3v) is 7.55. The van der Waals surface area contributed by atoms with Crippen LogP contribution in [0.3, 0.4) is 0 Å². The number of fused-ring (bicyclic) bond motifs is 6. The van der Waals surface area contributed by atoms with Gasteiger partial charge in [0.15, 0.2) is 0 Å². The van der Waals surface area contributed by atoms with Crippen LogP contribution in [0.15, 0.2) is 59.0 Å². The summed E-state index contributed by atoms with van der Waals surface area (Å²) >= 11 is 0. The van der Waals surface area contributed by atoms with Crippen LogP contribution >= 0.6 is 0 Å². The lowest BCUT2D eigenvalue weighted by Gasteiger charge is -2.15. The molecule has 0 aliphatic heterocycles. The van der Waals surface area contributed by atoms with Gasteiger partial charge in [-0.2, -0.15) is 0 Å². The van der Waals surface area contributed by atoms with Crippen LogP contribution in [0.5, 0.6) is 5.75 Å². The quantitative estimate of drug-likeness (QED) is 0.265. The minimum absolute atomic E-state index is 0.141. The summed E-state index contributed by atoms with van der Waals surface area (Å²) < 4.78 is 12.4. The van der Waals surface area contributed by atoms with E-state index in [0.29, 0.717) is 6.61 Å². The Morgan fingerprint density at radius 1 is 1.06 bits per heavy atom. The smallest absolute Gasteiger partial charge is 0.248 e. The van der Waals surface area contributed by atoms with E-state index in [-0.39, 0.29) is 5.91 Å². The van der Waals surface area contributed by atoms with Gasteiger partial charge in [0, 0.05) is 40.3 Å². The summed E-state index contributed by atoms with van der Waals surface area (Å²) in [4.78, 5) is 13.1. The van der Waals surface area contributed by atoms with Crippen LogP contribution in [-0.2, 0) is 24.1 Å². The van der Waals surface area contributed by atoms with Gasteiger partial charge in [0.25, 0.3) is 0 Å². The number of benzene rings is 3. The third-order valence-electron chi connectivity index (χ3n) is 7.55. The van der Waals surface area contributed by atoms with Crippen LogP contribution in [0, 0.1) is 6.92 Å². The summed E-state index contributed by atoms with van der Waals surface area (Å²) in [6.07, 6.45) is 6.97. The van der Waals surface area contributed by atoms with E-state index in [9.17, 15) is 4.79 Å². The minimum Gasteiger partial charge on any atom is -0.493 e. The Balaban J connectivity index is 1.31. The van der Waals surface area contributed by atoms with Gasteiger partial charge < -0.3 is 14.5 Å². The predicted molar refractivity (Wildman–Crippen MR) is 146 cm³/mol. The molecule has 1 amide bonds. The normalized spacial score (nSPS) is 14.4. The molecule has 36 heavy (non-hydrogen) atoms. The topological polar surface area (TPSA) is 51.5 Å². The van der Waals surface area contributed by atoms with Gasteiger partial charge in [0.05, 0.1) is 6.61 Å². The highest BCUT2D eigenvalue weighted by Crippen LogP contribution is 2.41. The third kappa shape index (κ3) is 3.81. The van der Waals surface area contributed by atoms with Gasteiger partial charge in [-0.3, -0.25) is 4.79 Å². The van der Waals surface area contributed by atoms with Crippen molar-refractivity contribution in [1.29, 1.82) is 0 Å². The molecule has 0 spiro atoms. The summed E-state index contributed by atoms with van der Waals surface area (Å²) in [6, 6.07) is 16.8. The second-order valence-electron chi connectivity index (χ2n) is 9.92. The van der Waals surface area contributed by atoms with Crippen LogP contribution in [0.25, 0.3) is 27.7 Å². The average molecular weight is 478 g/mol. The van der Waals surface area contributed by atoms with Gasteiger partial charge >= 0.3 is 0 Å². The zero-order valence-electron chi connectivity index (χ0n) is 21.2. The van der Waals surface area contributed by atoms with Crippen molar-refractivity contribution < 1.29 is 13.9 Å². The van der Waals surface area contributed by atoms with Crippen molar-refractivity contribution in [3.05, 3.63) is 88.2 Å². The Bertz CT molecular complexity index is 1540. The van der Waals surface area contributed by atoms with E-state index in [1.54, 1.807) is 6.08 Å². The second-order valence-corrected chi connectivity index (χ2v) is 9.92. The molecule has 6 rings (SSSR count). The van der Waals surface area contributed by atoms with E-state index in [4.69, 9.17) is 9.15 Å². The molecule has 2 aliphatic rings. The van der Waals surface area contributed by atoms with E-state index in [1.165, 1.54) is 40.7 Å². The summed E-state index contributed by atoms with van der Waals surface area (Å²) in [7, 11) is 0. The van der Waals surface area contributed by atoms with Crippen molar-refractivity contribution in [3.63, 3.8) is 0 Å². The monoisotopic (exact) mass is 477 g/mol. The maximum atomic E-state index is 13.1. The largest absolute Gasteiger partial charge is 0.493 e. The molecule has 182 valence electrons. The number of carbonyl (C=O) groups excluding carboxylic acids is 1. The second kappa shape index (κ2) is 9.02. The molecule has 0 bridgehead atoms. The van der Waals surface area contributed by atoms with Gasteiger partial charge in [0.1, 0.15) is 17.1 Å². The number of rotatable bonds is 5. The Morgan fingerprint density at radius 2 is 1.86 bits per heavy atom. The standard InChI is InChI=1S/C32H31NO3/c1-4-35-31-20(3)32-28(26-11-7-8-12-29(26)36-32)18-27(31)19(2)15-30(34)33-23-13-14-25-22(17-23)16-21-9-5-6-10-24(21)25/h5-6,9-10,13-15,17-18H,4,7-8,11-12,16H2,1-3H3,(H,33,34)/b19-15+. The van der Waals surface area contributed by atoms with Gasteiger partial charge in [-0.05, 0) is 92.5 Å². The van der Waals surface area contributed by atoms with Gasteiger partial charge in [-0.15, -0.1) is 0 Å². The molecule has 3 aromatic carbocycles. The van der Waals surface area contributed by atoms with Crippen molar-refractivity contribution >= 4 is 28.1 Å². The molecule has 1 heterocycles. The number of carbonyl (C=O) groups is 1. The molecule has 1 aromatic heterocycles. The first-order valence-corrected chi connectivity index (χ1v) is 12.9. The lowest BCUT2D eigenvalue weighted by Crippen LogP contribution is -2.09. The van der Waals surface area contributed by atoms with Crippen molar-refractivity contribution in [3.8, 4) is 16.9 Å². The van der Waals surface area contributed by atoms with Crippen molar-refractivity contribution in [2.24, 2.45) is 0 Å². The molecule has 0 radical (unpaired) electrons. The first kappa shape index (κ1) is 22.7. The van der Waals surface area contributed by atoms with E-state index >= 15 is 0 Å². The highest BCUT2D eigenvalue weighted by molar-refractivity contribution is 6.05. The predicted octanol–water partition coefficient (Wildman–Crippen LogP) is 7.63. The molecule has 0 saturated heterocycles. The number of nitrogens with one attached hydrogen (secondary N) is 1. The van der Waals surface area contributed by atoms with E-state index in [2.05, 4.69) is 54.7 Å². The summed E-state index contributed by atoms with van der Waals surface area (Å²) in [6.45, 7) is 6.57. The molecule has 0 atom stereocenters. The van der Waals surface area contributed by atoms with Gasteiger partial charge in [-0.25, -0.2) is 0 Å². The van der Waals surface area contributed by atoms with Gasteiger partial charge in [0.2, 0.25) is 5.91 Å². The van der Waals surface area contributed by atoms with Crippen molar-refractivity contribution in [2.45, 2.75) is 52.9 Å². The summed E-state index contributed by atoms with van der Waals surface area (Å²) in [5.41, 5.74) is 11.0. The maximum Gasteiger partial charge on any atom is 0.248 e. The highest BCUT2D eigenvalue weighted by Gasteiger charge is 2.23. The molecule has 0 unspecified atom stereocenters. The molecular weight excluding hydrogens is 446 g/mol. The number of amides is 1. The molecule has 4 heteroatoms. The molecule has 4 aromatic rings. The zero-order valence-corrected chi connectivity index (χ0v) is 21.2. The summed E-state index contributed by atoms with van der Waals surface area (Å²) in [5.74, 6) is 1.77. The number of aryl methyl sites for hydroxylation is 3. The Hall–Kier alpha value is -3.79. The van der Waals surface area contributed by atoms with Crippen LogP contribution in [0.1, 0.15) is 60.3 Å². The Kier molecular flexibility index (Phi) is 5.67. The number of hydrogen-bond donors (Lipinski definition) is 1. The van der Waals surface area contributed by atoms with Crippen LogP contribution < -0.4 is 10.1 Å². The number of furan rings is 1. The molecule has 0 fully saturated rings. The fourth-order valence-electron chi connectivity index (χ4n) is 5.84. The zero-order chi connectivity index (χ0) is 24.8. The lowest BCUT2D eigenvalue weighted by atomic mass is 9.93. The SMILES string of the molecule is CCOc1c(/C(C)=C/C(=O)Nc2ccc3c(c2)Cc2ccccc2-3)cc2c3c(oc2c1C)CCCC3. The van der Waals surface area contributed by atoms with E-state index in [0.717, 1.165) is 64.1 Å². The van der Waals surface area contributed by atoms with Crippen molar-refractivity contribution in [2.75, 3.05) is 11.9 Å². The summed E-state index contributed by atoms with van der Waals surface area (Å²) in [5, 5.41) is 4.23. The van der Waals surface area contributed by atoms with Gasteiger partial charge in [-0.1, -0.05) is 30.3 Å². The molecule has 0 saturated carbocycles. The Labute approximate surface area is 212 Å². The number of allylic oxidation sites excluding steroid dienone is 1. The van der Waals surface area contributed by atoms with Crippen LogP contribution in [0.4, 0.5) is 5.69 Å². The van der Waals surface area contributed by atoms with Crippen LogP contribution in [0.2, 0.25) is 0 Å². The molecule has 4 nitrogen and oxygen atoms in total. The molecule has 1 N–H and O–H groups in total. The molecular formula is C32H31NO3. The lowest BCUT2D eigenvalue weighted by molar-refractivity contribution is -0.111.